The third-order valence-electron chi connectivity index (χ3n) is 3.23. The van der Waals surface area contributed by atoms with Crippen molar-refractivity contribution in [1.82, 2.24) is 5.32 Å². The summed E-state index contributed by atoms with van der Waals surface area (Å²) in [5.74, 6) is 1.18. The largest absolute Gasteiger partial charge is 0.380 e. The average molecular weight is 236 g/mol. The van der Waals surface area contributed by atoms with Crippen molar-refractivity contribution in [2.24, 2.45) is 0 Å². The Morgan fingerprint density at radius 3 is 3.00 bits per heavy atom. The Balaban J connectivity index is 2.15. The molecule has 1 aromatic carbocycles. The predicted molar refractivity (Wildman–Crippen MR) is 72.6 cm³/mol. The first-order valence-corrected chi connectivity index (χ1v) is 6.85. The van der Waals surface area contributed by atoms with Crippen LogP contribution < -0.4 is 10.6 Å². The molecule has 1 atom stereocenters. The second-order valence-electron chi connectivity index (χ2n) is 4.43. The summed E-state index contributed by atoms with van der Waals surface area (Å²) in [5.41, 5.74) is 4.14. The van der Waals surface area contributed by atoms with Gasteiger partial charge in [0.1, 0.15) is 0 Å². The lowest BCUT2D eigenvalue weighted by Gasteiger charge is -2.28. The van der Waals surface area contributed by atoms with Gasteiger partial charge in [-0.05, 0) is 51.1 Å². The molecule has 16 heavy (non-hydrogen) atoms. The van der Waals surface area contributed by atoms with Gasteiger partial charge < -0.3 is 10.6 Å². The van der Waals surface area contributed by atoms with E-state index in [-0.39, 0.29) is 0 Å². The van der Waals surface area contributed by atoms with Crippen LogP contribution in [0.4, 0.5) is 5.69 Å². The number of hydrogen-bond acceptors (Lipinski definition) is 3. The maximum atomic E-state index is 3.68. The van der Waals surface area contributed by atoms with Gasteiger partial charge in [0.25, 0.3) is 0 Å². The van der Waals surface area contributed by atoms with E-state index in [0.717, 1.165) is 6.54 Å². The van der Waals surface area contributed by atoms with Crippen molar-refractivity contribution in [2.75, 3.05) is 24.7 Å². The minimum atomic E-state index is 0.602. The second-order valence-corrected chi connectivity index (χ2v) is 5.49. The first-order chi connectivity index (χ1) is 7.72. The number of anilines is 1. The first-order valence-electron chi connectivity index (χ1n) is 5.86. The lowest BCUT2D eigenvalue weighted by Crippen LogP contribution is -2.29. The summed E-state index contributed by atoms with van der Waals surface area (Å²) in [4.78, 5) is 1.41. The zero-order valence-electron chi connectivity index (χ0n) is 10.3. The Morgan fingerprint density at radius 1 is 1.44 bits per heavy atom. The van der Waals surface area contributed by atoms with Crippen LogP contribution in [-0.4, -0.2) is 25.4 Å². The Kier molecular flexibility index (Phi) is 3.77. The van der Waals surface area contributed by atoms with Crippen molar-refractivity contribution in [3.05, 3.63) is 23.3 Å². The Hall–Kier alpha value is -0.670. The van der Waals surface area contributed by atoms with E-state index in [1.807, 2.05) is 18.8 Å². The van der Waals surface area contributed by atoms with Crippen molar-refractivity contribution in [1.29, 1.82) is 0 Å². The van der Waals surface area contributed by atoms with Crippen molar-refractivity contribution in [3.63, 3.8) is 0 Å². The number of aryl methyl sites for hydroxylation is 1. The fourth-order valence-electron chi connectivity index (χ4n) is 2.00. The van der Waals surface area contributed by atoms with Crippen molar-refractivity contribution in [3.8, 4) is 0 Å². The molecule has 0 aliphatic carbocycles. The van der Waals surface area contributed by atoms with E-state index in [4.69, 9.17) is 0 Å². The fourth-order valence-corrected chi connectivity index (χ4v) is 3.15. The van der Waals surface area contributed by atoms with E-state index in [1.165, 1.54) is 33.9 Å². The number of rotatable bonds is 3. The van der Waals surface area contributed by atoms with Crippen molar-refractivity contribution >= 4 is 17.4 Å². The molecule has 0 bridgehead atoms. The monoisotopic (exact) mass is 236 g/mol. The van der Waals surface area contributed by atoms with Crippen LogP contribution in [0.5, 0.6) is 0 Å². The lowest BCUT2D eigenvalue weighted by molar-refractivity contribution is 0.657. The third kappa shape index (κ3) is 2.36. The molecule has 1 aromatic rings. The van der Waals surface area contributed by atoms with Crippen LogP contribution in [0.25, 0.3) is 0 Å². The predicted octanol–water partition coefficient (Wildman–Crippen LogP) is 2.80. The topological polar surface area (TPSA) is 24.1 Å². The van der Waals surface area contributed by atoms with Crippen LogP contribution in [0.2, 0.25) is 0 Å². The molecule has 0 aromatic heterocycles. The molecule has 0 saturated heterocycles. The normalized spacial score (nSPS) is 19.1. The molecule has 1 aliphatic heterocycles. The molecular formula is C13H20N2S. The highest BCUT2D eigenvalue weighted by Gasteiger charge is 2.19. The molecule has 2 nitrogen and oxygen atoms in total. The number of fused-ring (bicyclic) bond motifs is 1. The summed E-state index contributed by atoms with van der Waals surface area (Å²) >= 11 is 1.98. The van der Waals surface area contributed by atoms with Gasteiger partial charge in [-0.1, -0.05) is 6.07 Å². The molecule has 2 N–H and O–H groups in total. The van der Waals surface area contributed by atoms with Crippen LogP contribution in [0.15, 0.2) is 17.0 Å². The number of thioether (sulfide) groups is 1. The van der Waals surface area contributed by atoms with Gasteiger partial charge in [0.05, 0.1) is 5.69 Å². The van der Waals surface area contributed by atoms with Gasteiger partial charge in [0.2, 0.25) is 0 Å². The zero-order valence-corrected chi connectivity index (χ0v) is 11.1. The first kappa shape index (κ1) is 11.8. The average Bonchev–Trinajstić information content (AvgIpc) is 2.31. The molecule has 3 heteroatoms. The molecule has 2 rings (SSSR count). The summed E-state index contributed by atoms with van der Waals surface area (Å²) < 4.78 is 0. The third-order valence-corrected chi connectivity index (χ3v) is 4.45. The fraction of sp³-hybridized carbons (Fsp3) is 0.538. The minimum Gasteiger partial charge on any atom is -0.380 e. The van der Waals surface area contributed by atoms with Gasteiger partial charge in [-0.3, -0.25) is 0 Å². The maximum absolute atomic E-state index is 3.68. The highest BCUT2D eigenvalue weighted by Crippen LogP contribution is 2.37. The Bertz CT molecular complexity index is 376. The van der Waals surface area contributed by atoms with Gasteiger partial charge in [-0.15, -0.1) is 11.8 Å². The second kappa shape index (κ2) is 5.11. The molecule has 88 valence electrons. The number of benzene rings is 1. The summed E-state index contributed by atoms with van der Waals surface area (Å²) in [6, 6.07) is 5.06. The zero-order chi connectivity index (χ0) is 11.5. The van der Waals surface area contributed by atoms with Crippen molar-refractivity contribution in [2.45, 2.75) is 31.2 Å². The van der Waals surface area contributed by atoms with Crippen LogP contribution >= 0.6 is 11.8 Å². The molecule has 0 saturated carbocycles. The van der Waals surface area contributed by atoms with Gasteiger partial charge >= 0.3 is 0 Å². The summed E-state index contributed by atoms with van der Waals surface area (Å²) in [7, 11) is 2.01. The lowest BCUT2D eigenvalue weighted by atomic mass is 10.1. The summed E-state index contributed by atoms with van der Waals surface area (Å²) in [6.07, 6.45) is 1.19. The van der Waals surface area contributed by atoms with Crippen LogP contribution in [0.3, 0.4) is 0 Å². The van der Waals surface area contributed by atoms with E-state index in [0.29, 0.717) is 6.04 Å². The number of hydrogen-bond donors (Lipinski definition) is 2. The standard InChI is InChI=1S/C13H20N2S/c1-9-4-5-12-13(10(9)2)15-11(8-16-12)6-7-14-3/h4-5,11,14-15H,6-8H2,1-3H3. The highest BCUT2D eigenvalue weighted by atomic mass is 32.2. The van der Waals surface area contributed by atoms with Gasteiger partial charge in [-0.25, -0.2) is 0 Å². The van der Waals surface area contributed by atoms with Crippen molar-refractivity contribution < 1.29 is 0 Å². The van der Waals surface area contributed by atoms with Crippen LogP contribution in [0.1, 0.15) is 17.5 Å². The molecule has 0 amide bonds. The molecular weight excluding hydrogens is 216 g/mol. The minimum absolute atomic E-state index is 0.602. The molecule has 0 radical (unpaired) electrons. The van der Waals surface area contributed by atoms with E-state index >= 15 is 0 Å². The van der Waals surface area contributed by atoms with E-state index in [2.05, 4.69) is 36.6 Å². The molecule has 0 spiro atoms. The molecule has 0 fully saturated rings. The SMILES string of the molecule is CNCCC1CSc2ccc(C)c(C)c2N1. The smallest absolute Gasteiger partial charge is 0.0513 e. The Morgan fingerprint density at radius 2 is 2.25 bits per heavy atom. The van der Waals surface area contributed by atoms with Crippen LogP contribution in [0, 0.1) is 13.8 Å². The molecule has 1 aliphatic rings. The summed E-state index contributed by atoms with van der Waals surface area (Å²) in [6.45, 7) is 5.47. The quantitative estimate of drug-likeness (QED) is 0.844. The van der Waals surface area contributed by atoms with E-state index < -0.39 is 0 Å². The van der Waals surface area contributed by atoms with Crippen LogP contribution in [-0.2, 0) is 0 Å². The Labute approximate surface area is 102 Å². The van der Waals surface area contributed by atoms with E-state index in [1.54, 1.807) is 0 Å². The number of nitrogens with one attached hydrogen (secondary N) is 2. The molecule has 1 unspecified atom stereocenters. The molecule has 1 heterocycles. The van der Waals surface area contributed by atoms with Gasteiger partial charge in [0.15, 0.2) is 0 Å². The maximum Gasteiger partial charge on any atom is 0.0513 e. The van der Waals surface area contributed by atoms with Gasteiger partial charge in [0, 0.05) is 16.7 Å². The van der Waals surface area contributed by atoms with E-state index in [9.17, 15) is 0 Å². The highest BCUT2D eigenvalue weighted by molar-refractivity contribution is 7.99. The van der Waals surface area contributed by atoms with Gasteiger partial charge in [-0.2, -0.15) is 0 Å². The summed E-state index contributed by atoms with van der Waals surface area (Å²) in [5, 5.41) is 6.90.